The topological polar surface area (TPSA) is 13.6 Å². The van der Waals surface area contributed by atoms with E-state index in [-0.39, 0.29) is 5.56 Å². The van der Waals surface area contributed by atoms with Crippen LogP contribution in [0.2, 0.25) is 0 Å². The Morgan fingerprint density at radius 2 is 1.93 bits per heavy atom. The molecule has 74 valence electrons. The van der Waals surface area contributed by atoms with Crippen LogP contribution in [-0.4, -0.2) is 13.7 Å². The summed E-state index contributed by atoms with van der Waals surface area (Å²) in [4.78, 5) is 2.70. The van der Waals surface area contributed by atoms with Gasteiger partial charge in [-0.3, -0.25) is 0 Å². The number of ether oxygens (including phenoxy) is 1. The number of hydrogen-bond donors (Lipinski definition) is 0. The van der Waals surface area contributed by atoms with Crippen molar-refractivity contribution in [1.29, 1.82) is 0 Å². The lowest BCUT2D eigenvalue weighted by atomic mass is 10.1. The van der Waals surface area contributed by atoms with E-state index in [9.17, 15) is 8.78 Å². The number of halogens is 2. The zero-order valence-corrected chi connectivity index (χ0v) is 7.63. The van der Waals surface area contributed by atoms with Gasteiger partial charge in [0.2, 0.25) is 0 Å². The molecule has 0 radical (unpaired) electrons. The Morgan fingerprint density at radius 3 is 2.36 bits per heavy atom. The summed E-state index contributed by atoms with van der Waals surface area (Å²) in [7, 11) is 1.46. The molecule has 0 unspecified atom stereocenters. The van der Waals surface area contributed by atoms with E-state index in [4.69, 9.17) is 11.3 Å². The lowest BCUT2D eigenvalue weighted by molar-refractivity contribution is 0.0141. The maximum absolute atomic E-state index is 13.1. The fraction of sp³-hybridized carbons (Fsp3) is 0.300. The highest BCUT2D eigenvalue weighted by molar-refractivity contribution is 5.30. The normalized spacial score (nSPS) is 10.7. The molecule has 0 bridgehead atoms. The standard InChI is InChI=1S/C10H9F2NO/c1-13-7-10(11,12)8-3-5-9(14-2)6-4-8/h3-6H,7H2,2H3. The van der Waals surface area contributed by atoms with Crippen LogP contribution in [0, 0.1) is 6.57 Å². The largest absolute Gasteiger partial charge is 0.497 e. The SMILES string of the molecule is [C-]#[N+]CC(F)(F)c1ccc(OC)cc1. The first-order chi connectivity index (χ1) is 6.60. The molecule has 0 N–H and O–H groups in total. The first-order valence-corrected chi connectivity index (χ1v) is 3.96. The molecule has 14 heavy (non-hydrogen) atoms. The molecule has 1 rings (SSSR count). The summed E-state index contributed by atoms with van der Waals surface area (Å²) in [6.07, 6.45) is 0. The third-order valence-electron chi connectivity index (χ3n) is 1.79. The summed E-state index contributed by atoms with van der Waals surface area (Å²) >= 11 is 0. The minimum absolute atomic E-state index is 0.158. The molecule has 0 atom stereocenters. The first-order valence-electron chi connectivity index (χ1n) is 3.96. The molecule has 0 aromatic heterocycles. The van der Waals surface area contributed by atoms with Gasteiger partial charge in [-0.25, -0.2) is 6.57 Å². The average Bonchev–Trinajstić information content (AvgIpc) is 2.18. The van der Waals surface area contributed by atoms with Gasteiger partial charge in [0.25, 0.3) is 6.54 Å². The predicted octanol–water partition coefficient (Wildman–Crippen LogP) is 2.71. The molecule has 0 heterocycles. The van der Waals surface area contributed by atoms with Crippen LogP contribution < -0.4 is 4.74 Å². The second kappa shape index (κ2) is 4.05. The van der Waals surface area contributed by atoms with Gasteiger partial charge in [0.15, 0.2) is 0 Å². The van der Waals surface area contributed by atoms with Gasteiger partial charge in [-0.15, -0.1) is 0 Å². The molecule has 0 aliphatic carbocycles. The summed E-state index contributed by atoms with van der Waals surface area (Å²) in [5.41, 5.74) is -0.158. The maximum Gasteiger partial charge on any atom is 0.343 e. The molecule has 0 spiro atoms. The van der Waals surface area contributed by atoms with Crippen molar-refractivity contribution in [3.8, 4) is 5.75 Å². The smallest absolute Gasteiger partial charge is 0.343 e. The van der Waals surface area contributed by atoms with Gasteiger partial charge in [-0.2, -0.15) is 8.78 Å². The van der Waals surface area contributed by atoms with Crippen molar-refractivity contribution in [2.45, 2.75) is 5.92 Å². The number of rotatable bonds is 3. The Morgan fingerprint density at radius 1 is 1.36 bits per heavy atom. The molecule has 1 aromatic rings. The molecule has 0 saturated carbocycles. The van der Waals surface area contributed by atoms with Gasteiger partial charge in [0.1, 0.15) is 5.75 Å². The Balaban J connectivity index is 2.92. The second-order valence-electron chi connectivity index (χ2n) is 2.75. The summed E-state index contributed by atoms with van der Waals surface area (Å²) in [6, 6.07) is 5.44. The van der Waals surface area contributed by atoms with E-state index in [0.29, 0.717) is 5.75 Å². The van der Waals surface area contributed by atoms with Gasteiger partial charge in [0.05, 0.1) is 7.11 Å². The van der Waals surface area contributed by atoms with Crippen LogP contribution in [-0.2, 0) is 5.92 Å². The minimum atomic E-state index is -3.08. The molecule has 4 heteroatoms. The third-order valence-corrected chi connectivity index (χ3v) is 1.79. The second-order valence-corrected chi connectivity index (χ2v) is 2.75. The molecular formula is C10H9F2NO. The number of alkyl halides is 2. The van der Waals surface area contributed by atoms with Crippen LogP contribution in [0.5, 0.6) is 5.75 Å². The average molecular weight is 197 g/mol. The molecule has 0 aliphatic heterocycles. The van der Waals surface area contributed by atoms with E-state index < -0.39 is 12.5 Å². The van der Waals surface area contributed by atoms with Gasteiger partial charge >= 0.3 is 5.92 Å². The van der Waals surface area contributed by atoms with Gasteiger partial charge < -0.3 is 9.58 Å². The van der Waals surface area contributed by atoms with Crippen molar-refractivity contribution in [1.82, 2.24) is 0 Å². The molecule has 1 aromatic carbocycles. The lowest BCUT2D eigenvalue weighted by Gasteiger charge is -2.10. The number of nitrogens with zero attached hydrogens (tertiary/aromatic N) is 1. The van der Waals surface area contributed by atoms with Crippen LogP contribution in [0.3, 0.4) is 0 Å². The van der Waals surface area contributed by atoms with Crippen LogP contribution in [0.25, 0.3) is 4.85 Å². The van der Waals surface area contributed by atoms with Crippen molar-refractivity contribution >= 4 is 0 Å². The number of methoxy groups -OCH3 is 1. The summed E-state index contributed by atoms with van der Waals surface area (Å²) in [5.74, 6) is -2.55. The van der Waals surface area contributed by atoms with E-state index in [1.807, 2.05) is 0 Å². The van der Waals surface area contributed by atoms with Crippen molar-refractivity contribution < 1.29 is 13.5 Å². The molecular weight excluding hydrogens is 188 g/mol. The summed E-state index contributed by atoms with van der Waals surface area (Å²) < 4.78 is 31.1. The van der Waals surface area contributed by atoms with Crippen LogP contribution >= 0.6 is 0 Å². The Hall–Kier alpha value is -1.63. The van der Waals surface area contributed by atoms with Crippen LogP contribution in [0.15, 0.2) is 24.3 Å². The fourth-order valence-electron chi connectivity index (χ4n) is 1.03. The zero-order valence-electron chi connectivity index (χ0n) is 7.63. The summed E-state index contributed by atoms with van der Waals surface area (Å²) in [6.45, 7) is 5.59. The summed E-state index contributed by atoms with van der Waals surface area (Å²) in [5, 5.41) is 0. The maximum atomic E-state index is 13.1. The minimum Gasteiger partial charge on any atom is -0.497 e. The van der Waals surface area contributed by atoms with E-state index in [0.717, 1.165) is 0 Å². The number of benzene rings is 1. The number of hydrogen-bond acceptors (Lipinski definition) is 1. The van der Waals surface area contributed by atoms with E-state index >= 15 is 0 Å². The Bertz CT molecular complexity index is 340. The quantitative estimate of drug-likeness (QED) is 0.679. The fourth-order valence-corrected chi connectivity index (χ4v) is 1.03. The van der Waals surface area contributed by atoms with Crippen molar-refractivity contribution in [2.24, 2.45) is 0 Å². The molecule has 0 aliphatic rings. The van der Waals surface area contributed by atoms with Crippen LogP contribution in [0.4, 0.5) is 8.78 Å². The zero-order chi connectivity index (χ0) is 10.6. The van der Waals surface area contributed by atoms with E-state index in [2.05, 4.69) is 4.85 Å². The Kier molecular flexibility index (Phi) is 3.03. The molecule has 0 fully saturated rings. The van der Waals surface area contributed by atoms with E-state index in [1.165, 1.54) is 31.4 Å². The first kappa shape index (κ1) is 10.5. The van der Waals surface area contributed by atoms with E-state index in [1.54, 1.807) is 0 Å². The highest BCUT2D eigenvalue weighted by Crippen LogP contribution is 2.29. The van der Waals surface area contributed by atoms with Crippen molar-refractivity contribution in [3.05, 3.63) is 41.2 Å². The molecule has 0 amide bonds. The van der Waals surface area contributed by atoms with Gasteiger partial charge in [0, 0.05) is 5.56 Å². The predicted molar refractivity (Wildman–Crippen MR) is 48.4 cm³/mol. The van der Waals surface area contributed by atoms with Gasteiger partial charge in [-0.1, -0.05) is 0 Å². The monoisotopic (exact) mass is 197 g/mol. The lowest BCUT2D eigenvalue weighted by Crippen LogP contribution is -2.16. The third kappa shape index (κ3) is 2.19. The molecule has 0 saturated heterocycles. The molecule has 2 nitrogen and oxygen atoms in total. The highest BCUT2D eigenvalue weighted by Gasteiger charge is 2.35. The van der Waals surface area contributed by atoms with Gasteiger partial charge in [-0.05, 0) is 24.3 Å². The van der Waals surface area contributed by atoms with Crippen molar-refractivity contribution in [3.63, 3.8) is 0 Å². The highest BCUT2D eigenvalue weighted by atomic mass is 19.3. The van der Waals surface area contributed by atoms with Crippen molar-refractivity contribution in [2.75, 3.05) is 13.7 Å². The van der Waals surface area contributed by atoms with Crippen LogP contribution in [0.1, 0.15) is 5.56 Å². The Labute approximate surface area is 80.9 Å².